The van der Waals surface area contributed by atoms with Crippen molar-refractivity contribution < 1.29 is 14.3 Å². The van der Waals surface area contributed by atoms with Gasteiger partial charge < -0.3 is 20.1 Å². The zero-order valence-corrected chi connectivity index (χ0v) is 25.6. The Balaban J connectivity index is 1.44. The van der Waals surface area contributed by atoms with Gasteiger partial charge in [-0.2, -0.15) is 4.98 Å². The maximum atomic E-state index is 12.8. The van der Waals surface area contributed by atoms with Crippen LogP contribution in [0.4, 0.5) is 22.2 Å². The third kappa shape index (κ3) is 6.78. The molecule has 10 nitrogen and oxygen atoms in total. The van der Waals surface area contributed by atoms with Crippen molar-refractivity contribution in [2.75, 3.05) is 30.3 Å². The van der Waals surface area contributed by atoms with E-state index in [1.165, 1.54) is 0 Å². The van der Waals surface area contributed by atoms with Gasteiger partial charge in [0.25, 0.3) is 6.29 Å². The van der Waals surface area contributed by atoms with Gasteiger partial charge in [0.15, 0.2) is 17.1 Å². The highest BCUT2D eigenvalue weighted by atomic mass is 35.5. The first-order valence-corrected chi connectivity index (χ1v) is 14.5. The SMILES string of the molecule is CCN(CC)CC1Oc2ccc(Nc3ncc4cc(-c5c(Cl)cccc5Cl)c(NC(=O)NC(C)(C)C)nc4n3)cc2O1. The number of amides is 2. The zero-order chi connectivity index (χ0) is 30.0. The van der Waals surface area contributed by atoms with Crippen molar-refractivity contribution in [2.45, 2.75) is 46.4 Å². The first-order chi connectivity index (χ1) is 20.0. The summed E-state index contributed by atoms with van der Waals surface area (Å²) >= 11 is 13.1. The van der Waals surface area contributed by atoms with E-state index in [0.29, 0.717) is 56.2 Å². The van der Waals surface area contributed by atoms with E-state index in [4.69, 9.17) is 32.7 Å². The number of urea groups is 1. The van der Waals surface area contributed by atoms with Crippen molar-refractivity contribution in [2.24, 2.45) is 0 Å². The maximum absolute atomic E-state index is 12.8. The molecule has 2 amide bonds. The minimum absolute atomic E-state index is 0.256. The van der Waals surface area contributed by atoms with Crippen molar-refractivity contribution >= 4 is 57.7 Å². The molecule has 4 aromatic rings. The van der Waals surface area contributed by atoms with Gasteiger partial charge >= 0.3 is 6.03 Å². The van der Waals surface area contributed by atoms with Crippen LogP contribution in [0.5, 0.6) is 11.5 Å². The minimum Gasteiger partial charge on any atom is -0.450 e. The summed E-state index contributed by atoms with van der Waals surface area (Å²) in [5, 5.41) is 10.4. The number of benzene rings is 2. The van der Waals surface area contributed by atoms with E-state index in [1.807, 2.05) is 45.0 Å². The number of hydrogen-bond acceptors (Lipinski definition) is 8. The lowest BCUT2D eigenvalue weighted by atomic mass is 10.0. The number of nitrogens with zero attached hydrogens (tertiary/aromatic N) is 4. The fourth-order valence-corrected chi connectivity index (χ4v) is 5.12. The highest BCUT2D eigenvalue weighted by Gasteiger charge is 2.26. The molecule has 0 saturated heterocycles. The summed E-state index contributed by atoms with van der Waals surface area (Å²) in [4.78, 5) is 28.9. The predicted molar refractivity (Wildman–Crippen MR) is 167 cm³/mol. The average molecular weight is 611 g/mol. The predicted octanol–water partition coefficient (Wildman–Crippen LogP) is 7.10. The summed E-state index contributed by atoms with van der Waals surface area (Å²) < 4.78 is 12.0. The molecule has 0 radical (unpaired) electrons. The molecule has 1 atom stereocenters. The molecule has 5 rings (SSSR count). The molecule has 2 aromatic carbocycles. The van der Waals surface area contributed by atoms with E-state index in [1.54, 1.807) is 24.4 Å². The molecule has 0 bridgehead atoms. The van der Waals surface area contributed by atoms with Gasteiger partial charge in [0.05, 0.1) is 16.6 Å². The Morgan fingerprint density at radius 1 is 1.00 bits per heavy atom. The maximum Gasteiger partial charge on any atom is 0.320 e. The van der Waals surface area contributed by atoms with Gasteiger partial charge in [-0.05, 0) is 64.2 Å². The molecule has 1 unspecified atom stereocenters. The lowest BCUT2D eigenvalue weighted by molar-refractivity contribution is 0.0176. The Morgan fingerprint density at radius 2 is 1.71 bits per heavy atom. The molecule has 0 fully saturated rings. The largest absolute Gasteiger partial charge is 0.450 e. The van der Waals surface area contributed by atoms with Crippen LogP contribution in [0.3, 0.4) is 0 Å². The third-order valence-corrected chi connectivity index (χ3v) is 7.17. The van der Waals surface area contributed by atoms with Crippen LogP contribution < -0.4 is 25.4 Å². The molecule has 220 valence electrons. The smallest absolute Gasteiger partial charge is 0.320 e. The number of ether oxygens (including phenoxy) is 2. The standard InChI is InChI=1S/C30H33Cl2N7O3/c1-6-39(7-2)16-24-41-22-12-11-18(14-23(22)42-24)34-28-33-15-17-13-19(25-20(31)9-8-10-21(25)32)27(35-26(17)36-28)37-29(40)38-30(3,4)5/h8-15,24H,6-7,16H2,1-5H3,(H3,33,34,35,36,37,38,40). The number of nitrogens with one attached hydrogen (secondary N) is 3. The second kappa shape index (κ2) is 12.2. The van der Waals surface area contributed by atoms with Crippen molar-refractivity contribution in [3.63, 3.8) is 0 Å². The van der Waals surface area contributed by atoms with Crippen molar-refractivity contribution in [3.8, 4) is 22.6 Å². The van der Waals surface area contributed by atoms with E-state index in [2.05, 4.69) is 49.6 Å². The van der Waals surface area contributed by atoms with Crippen LogP contribution in [-0.4, -0.2) is 57.3 Å². The summed E-state index contributed by atoms with van der Waals surface area (Å²) in [7, 11) is 0. The quantitative estimate of drug-likeness (QED) is 0.194. The lowest BCUT2D eigenvalue weighted by Crippen LogP contribution is -2.43. The fraction of sp³-hybridized carbons (Fsp3) is 0.333. The Hall–Kier alpha value is -3.86. The molecule has 12 heteroatoms. The van der Waals surface area contributed by atoms with E-state index >= 15 is 0 Å². The number of halogens is 2. The summed E-state index contributed by atoms with van der Waals surface area (Å²) in [6.07, 6.45) is 1.29. The Kier molecular flexibility index (Phi) is 8.58. The molecule has 1 aliphatic heterocycles. The normalized spacial score (nSPS) is 14.3. The van der Waals surface area contributed by atoms with Gasteiger partial charge in [0.2, 0.25) is 5.95 Å². The molecule has 0 spiro atoms. The minimum atomic E-state index is -0.460. The van der Waals surface area contributed by atoms with E-state index in [9.17, 15) is 4.79 Å². The summed E-state index contributed by atoms with van der Waals surface area (Å²) in [6, 6.07) is 12.2. The molecule has 42 heavy (non-hydrogen) atoms. The van der Waals surface area contributed by atoms with Crippen LogP contribution in [0.2, 0.25) is 10.0 Å². The Bertz CT molecular complexity index is 1600. The number of rotatable bonds is 8. The molecular weight excluding hydrogens is 577 g/mol. The van der Waals surface area contributed by atoms with Crippen LogP contribution in [0.1, 0.15) is 34.6 Å². The number of hydrogen-bond donors (Lipinski definition) is 3. The number of carbonyl (C=O) groups excluding carboxylic acids is 1. The Labute approximate surface area is 254 Å². The van der Waals surface area contributed by atoms with Gasteiger partial charge in [-0.1, -0.05) is 43.1 Å². The number of aromatic nitrogens is 3. The van der Waals surface area contributed by atoms with Crippen LogP contribution >= 0.6 is 23.2 Å². The summed E-state index contributed by atoms with van der Waals surface area (Å²) in [6.45, 7) is 12.4. The molecule has 3 N–H and O–H groups in total. The number of likely N-dealkylation sites (N-methyl/N-ethyl adjacent to an activating group) is 1. The lowest BCUT2D eigenvalue weighted by Gasteiger charge is -2.21. The fourth-order valence-electron chi connectivity index (χ4n) is 4.52. The second-order valence-electron chi connectivity index (χ2n) is 10.9. The molecule has 2 aromatic heterocycles. The topological polar surface area (TPSA) is 114 Å². The van der Waals surface area contributed by atoms with Crippen LogP contribution in [0.15, 0.2) is 48.7 Å². The van der Waals surface area contributed by atoms with Crippen molar-refractivity contribution in [1.29, 1.82) is 0 Å². The van der Waals surface area contributed by atoms with Gasteiger partial charge in [-0.25, -0.2) is 14.8 Å². The second-order valence-corrected chi connectivity index (χ2v) is 11.7. The number of pyridine rings is 1. The first kappa shape index (κ1) is 29.6. The monoisotopic (exact) mass is 609 g/mol. The van der Waals surface area contributed by atoms with Gasteiger partial charge in [0, 0.05) is 40.0 Å². The first-order valence-electron chi connectivity index (χ1n) is 13.7. The number of carbonyl (C=O) groups is 1. The number of fused-ring (bicyclic) bond motifs is 2. The molecule has 1 aliphatic rings. The highest BCUT2D eigenvalue weighted by Crippen LogP contribution is 2.40. The van der Waals surface area contributed by atoms with Crippen LogP contribution in [-0.2, 0) is 0 Å². The molecule has 3 heterocycles. The Morgan fingerprint density at radius 3 is 2.40 bits per heavy atom. The van der Waals surface area contributed by atoms with E-state index < -0.39 is 11.6 Å². The van der Waals surface area contributed by atoms with E-state index in [0.717, 1.165) is 18.8 Å². The highest BCUT2D eigenvalue weighted by molar-refractivity contribution is 6.39. The van der Waals surface area contributed by atoms with Crippen molar-refractivity contribution in [3.05, 3.63) is 58.7 Å². The summed E-state index contributed by atoms with van der Waals surface area (Å²) in [5.74, 6) is 1.91. The molecular formula is C30H33Cl2N7O3. The average Bonchev–Trinajstić information content (AvgIpc) is 3.32. The van der Waals surface area contributed by atoms with Crippen molar-refractivity contribution in [1.82, 2.24) is 25.2 Å². The molecule has 0 saturated carbocycles. The van der Waals surface area contributed by atoms with E-state index in [-0.39, 0.29) is 12.1 Å². The summed E-state index contributed by atoms with van der Waals surface area (Å²) in [5.41, 5.74) is 1.72. The zero-order valence-electron chi connectivity index (χ0n) is 24.1. The van der Waals surface area contributed by atoms with Crippen LogP contribution in [0.25, 0.3) is 22.2 Å². The van der Waals surface area contributed by atoms with Crippen LogP contribution in [0, 0.1) is 0 Å². The third-order valence-electron chi connectivity index (χ3n) is 6.54. The number of anilines is 3. The molecule has 0 aliphatic carbocycles. The van der Waals surface area contributed by atoms with Gasteiger partial charge in [0.1, 0.15) is 5.82 Å². The van der Waals surface area contributed by atoms with Gasteiger partial charge in [-0.15, -0.1) is 0 Å². The van der Waals surface area contributed by atoms with Gasteiger partial charge in [-0.3, -0.25) is 10.2 Å².